The number of aromatic nitrogens is 4. The van der Waals surface area contributed by atoms with Gasteiger partial charge in [-0.3, -0.25) is 4.79 Å². The Morgan fingerprint density at radius 2 is 1.94 bits per heavy atom. The molecule has 1 aliphatic heterocycles. The molecule has 1 fully saturated rings. The lowest BCUT2D eigenvalue weighted by Gasteiger charge is -2.23. The molecule has 3 heterocycles. The summed E-state index contributed by atoms with van der Waals surface area (Å²) in [6.07, 6.45) is 8.34. The van der Waals surface area contributed by atoms with Crippen LogP contribution in [0, 0.1) is 5.41 Å². The number of carbonyl (C=O) groups is 2. The molecular weight excluding hydrogens is 462 g/mol. The summed E-state index contributed by atoms with van der Waals surface area (Å²) in [7, 11) is 0. The fraction of sp³-hybridized carbons (Fsp3) is 0.348. The number of nitrogens with one attached hydrogen (secondary N) is 1. The van der Waals surface area contributed by atoms with Crippen LogP contribution in [-0.4, -0.2) is 55.2 Å². The first-order chi connectivity index (χ1) is 15.9. The van der Waals surface area contributed by atoms with Crippen molar-refractivity contribution in [1.29, 1.82) is 0 Å². The van der Waals surface area contributed by atoms with Crippen LogP contribution in [0.5, 0.6) is 0 Å². The van der Waals surface area contributed by atoms with Crippen molar-refractivity contribution in [2.24, 2.45) is 5.41 Å². The van der Waals surface area contributed by atoms with Crippen LogP contribution < -0.4 is 5.32 Å². The van der Waals surface area contributed by atoms with Crippen LogP contribution in [0.4, 0.5) is 0 Å². The molecule has 1 atom stereocenters. The van der Waals surface area contributed by atoms with Gasteiger partial charge in [0, 0.05) is 16.9 Å². The van der Waals surface area contributed by atoms with Gasteiger partial charge in [0.05, 0.1) is 17.1 Å². The lowest BCUT2D eigenvalue weighted by Crippen LogP contribution is -2.28. The van der Waals surface area contributed by atoms with Crippen molar-refractivity contribution in [1.82, 2.24) is 25.2 Å². The molecule has 1 unspecified atom stereocenters. The van der Waals surface area contributed by atoms with Crippen molar-refractivity contribution in [3.8, 4) is 5.95 Å². The Balaban J connectivity index is 0.000000204. The second kappa shape index (κ2) is 10.6. The van der Waals surface area contributed by atoms with Crippen LogP contribution in [0.1, 0.15) is 38.0 Å². The number of para-hydroxylation sites is 1. The summed E-state index contributed by atoms with van der Waals surface area (Å²) < 4.78 is 7.15. The first kappa shape index (κ1) is 25.1. The van der Waals surface area contributed by atoms with Crippen LogP contribution in [0.3, 0.4) is 0 Å². The van der Waals surface area contributed by atoms with Gasteiger partial charge in [-0.1, -0.05) is 36.4 Å². The van der Waals surface area contributed by atoms with E-state index in [4.69, 9.17) is 14.7 Å². The first-order valence-electron chi connectivity index (χ1n) is 10.7. The molecule has 0 radical (unpaired) electrons. The minimum atomic E-state index is -1.08. The van der Waals surface area contributed by atoms with Gasteiger partial charge in [-0.05, 0) is 50.5 Å². The Labute approximate surface area is 201 Å². The molecule has 1 aromatic carbocycles. The summed E-state index contributed by atoms with van der Waals surface area (Å²) in [5.41, 5.74) is 0.0419. The highest BCUT2D eigenvalue weighted by molar-refractivity contribution is 5.90. The van der Waals surface area contributed by atoms with E-state index in [1.54, 1.807) is 4.68 Å². The Morgan fingerprint density at radius 3 is 2.65 bits per heavy atom. The molecule has 11 heteroatoms. The predicted octanol–water partition coefficient (Wildman–Crippen LogP) is 3.35. The number of aliphatic carboxylic acids is 2. The fourth-order valence-electron chi connectivity index (χ4n) is 3.86. The lowest BCUT2D eigenvalue weighted by molar-refractivity contribution is -0.145. The van der Waals surface area contributed by atoms with Crippen molar-refractivity contribution in [3.63, 3.8) is 0 Å². The van der Waals surface area contributed by atoms with Crippen molar-refractivity contribution in [2.45, 2.75) is 32.1 Å². The third-order valence-corrected chi connectivity index (χ3v) is 5.87. The number of piperidine rings is 1. The number of hydrogen-bond acceptors (Lipinski definition) is 7. The molecule has 5 rings (SSSR count). The van der Waals surface area contributed by atoms with Crippen molar-refractivity contribution in [3.05, 3.63) is 60.2 Å². The van der Waals surface area contributed by atoms with Crippen LogP contribution in [0.25, 0.3) is 16.9 Å². The first-order valence-corrected chi connectivity index (χ1v) is 10.7. The summed E-state index contributed by atoms with van der Waals surface area (Å²) in [5, 5.41) is 30.3. The molecule has 0 bridgehead atoms. The van der Waals surface area contributed by atoms with Gasteiger partial charge >= 0.3 is 11.9 Å². The molecular formula is C23H26ClN5O5. The van der Waals surface area contributed by atoms with Crippen LogP contribution in [-0.2, 0) is 9.59 Å². The largest absolute Gasteiger partial charge is 0.481 e. The third-order valence-electron chi connectivity index (χ3n) is 5.87. The second-order valence-corrected chi connectivity index (χ2v) is 8.33. The average molecular weight is 488 g/mol. The number of carboxylic acid groups (broad SMARTS) is 2. The van der Waals surface area contributed by atoms with E-state index in [1.807, 2.05) is 30.5 Å². The second-order valence-electron chi connectivity index (χ2n) is 8.33. The van der Waals surface area contributed by atoms with E-state index in [0.29, 0.717) is 11.9 Å². The molecule has 0 amide bonds. The number of rotatable bonds is 4. The topological polar surface area (TPSA) is 143 Å². The molecule has 10 nitrogen and oxygen atoms in total. The number of nitrogens with zero attached hydrogens (tertiary/aromatic N) is 4. The highest BCUT2D eigenvalue weighted by atomic mass is 35.5. The van der Waals surface area contributed by atoms with Crippen LogP contribution >= 0.6 is 12.4 Å². The molecule has 3 aromatic rings. The standard InChI is InChI=1S/C14H15N5O.C9H10O4.ClH/c1-2-4-12-11(3-1)9-16-19(12)14-17-13(20-18-14)10-5-7-15-8-6-10;1-9(8(12)13)4-2-3-6(5-9)7(10)11;/h1-4,9-10,15H,5-8H2;2-4H,5H2,1H3,(H,10,11)(H,12,13);1H. The summed E-state index contributed by atoms with van der Waals surface area (Å²) in [6.45, 7) is 3.52. The Hall–Kier alpha value is -3.50. The summed E-state index contributed by atoms with van der Waals surface area (Å²) in [4.78, 5) is 25.9. The smallest absolute Gasteiger partial charge is 0.331 e. The quantitative estimate of drug-likeness (QED) is 0.504. The molecule has 34 heavy (non-hydrogen) atoms. The molecule has 1 saturated heterocycles. The van der Waals surface area contributed by atoms with Crippen molar-refractivity contribution < 1.29 is 24.3 Å². The summed E-state index contributed by atoms with van der Waals surface area (Å²) in [5.74, 6) is -0.465. The maximum absolute atomic E-state index is 10.8. The van der Waals surface area contributed by atoms with Crippen molar-refractivity contribution in [2.75, 3.05) is 13.1 Å². The molecule has 2 aliphatic rings. The maximum Gasteiger partial charge on any atom is 0.331 e. The molecule has 0 spiro atoms. The molecule has 1 aliphatic carbocycles. The van der Waals surface area contributed by atoms with Crippen molar-refractivity contribution >= 4 is 35.2 Å². The van der Waals surface area contributed by atoms with Gasteiger partial charge in [-0.15, -0.1) is 12.4 Å². The number of fused-ring (bicyclic) bond motifs is 1. The van der Waals surface area contributed by atoms with E-state index in [2.05, 4.69) is 20.6 Å². The highest BCUT2D eigenvalue weighted by Crippen LogP contribution is 2.31. The zero-order valence-corrected chi connectivity index (χ0v) is 19.4. The highest BCUT2D eigenvalue weighted by Gasteiger charge is 2.34. The van der Waals surface area contributed by atoms with E-state index in [9.17, 15) is 9.59 Å². The maximum atomic E-state index is 10.8. The van der Waals surface area contributed by atoms with E-state index in [-0.39, 0.29) is 24.4 Å². The third kappa shape index (κ3) is 5.35. The van der Waals surface area contributed by atoms with E-state index in [0.717, 1.165) is 42.7 Å². The normalized spacial score (nSPS) is 20.1. The molecule has 3 N–H and O–H groups in total. The minimum absolute atomic E-state index is 0. The van der Waals surface area contributed by atoms with Gasteiger partial charge in [-0.25, -0.2) is 4.79 Å². The number of hydrogen-bond donors (Lipinski definition) is 3. The Bertz CT molecular complexity index is 1230. The van der Waals surface area contributed by atoms with E-state index >= 15 is 0 Å². The Kier molecular flexibility index (Phi) is 7.85. The van der Waals surface area contributed by atoms with Crippen LogP contribution in [0.2, 0.25) is 0 Å². The zero-order chi connectivity index (χ0) is 23.4. The average Bonchev–Trinajstić information content (AvgIpc) is 3.47. The molecule has 180 valence electrons. The summed E-state index contributed by atoms with van der Waals surface area (Å²) in [6, 6.07) is 7.99. The SMILES string of the molecule is CC1(C(=O)O)C=CC=C(C(=O)O)C1.Cl.c1ccc2c(c1)cnn2-c1noc(C2CCNCC2)n1. The monoisotopic (exact) mass is 487 g/mol. The van der Waals surface area contributed by atoms with Gasteiger partial charge in [0.15, 0.2) is 0 Å². The number of allylic oxidation sites excluding steroid dienone is 2. The number of halogens is 1. The number of benzene rings is 1. The van der Waals surface area contributed by atoms with Gasteiger partial charge in [0.1, 0.15) is 0 Å². The van der Waals surface area contributed by atoms with Gasteiger partial charge in [0.25, 0.3) is 5.95 Å². The van der Waals surface area contributed by atoms with E-state index < -0.39 is 17.4 Å². The Morgan fingerprint density at radius 1 is 1.21 bits per heavy atom. The van der Waals surface area contributed by atoms with Gasteiger partial charge in [0.2, 0.25) is 5.89 Å². The zero-order valence-electron chi connectivity index (χ0n) is 18.5. The number of carboxylic acids is 2. The minimum Gasteiger partial charge on any atom is -0.481 e. The lowest BCUT2D eigenvalue weighted by atomic mass is 9.80. The van der Waals surface area contributed by atoms with Gasteiger partial charge < -0.3 is 20.1 Å². The predicted molar refractivity (Wildman–Crippen MR) is 126 cm³/mol. The van der Waals surface area contributed by atoms with Gasteiger partial charge in [-0.2, -0.15) is 14.8 Å². The fourth-order valence-corrected chi connectivity index (χ4v) is 3.86. The molecule has 0 saturated carbocycles. The molecule has 2 aromatic heterocycles. The summed E-state index contributed by atoms with van der Waals surface area (Å²) >= 11 is 0. The van der Waals surface area contributed by atoms with E-state index in [1.165, 1.54) is 25.2 Å². The van der Waals surface area contributed by atoms with Crippen LogP contribution in [0.15, 0.2) is 58.8 Å².